The molecule has 0 radical (unpaired) electrons. The zero-order valence-corrected chi connectivity index (χ0v) is 10.1. The Kier molecular flexibility index (Phi) is 1.81. The van der Waals surface area contributed by atoms with Crippen molar-refractivity contribution in [3.63, 3.8) is 0 Å². The second-order valence-corrected chi connectivity index (χ2v) is 4.77. The molecule has 0 saturated carbocycles. The van der Waals surface area contributed by atoms with Crippen molar-refractivity contribution in [1.29, 1.82) is 0 Å². The SMILES string of the molecule is Cc1ccc(C2=C3Oc4ccccc4C=C32)cc1. The number of benzene rings is 2. The summed E-state index contributed by atoms with van der Waals surface area (Å²) in [6.45, 7) is 2.10. The van der Waals surface area contributed by atoms with Crippen molar-refractivity contribution in [3.8, 4) is 5.75 Å². The van der Waals surface area contributed by atoms with Crippen LogP contribution >= 0.6 is 0 Å². The number of aryl methyl sites for hydroxylation is 1. The summed E-state index contributed by atoms with van der Waals surface area (Å²) < 4.78 is 5.91. The molecular weight excluding hydrogens is 220 g/mol. The first-order chi connectivity index (χ1) is 8.83. The summed E-state index contributed by atoms with van der Waals surface area (Å²) in [5, 5.41) is 0. The first-order valence-corrected chi connectivity index (χ1v) is 6.13. The minimum Gasteiger partial charge on any atom is -0.455 e. The lowest BCUT2D eigenvalue weighted by atomic mass is 10.1. The predicted molar refractivity (Wildman–Crippen MR) is 73.1 cm³/mol. The Hall–Kier alpha value is -2.28. The van der Waals surface area contributed by atoms with Gasteiger partial charge in [-0.25, -0.2) is 0 Å². The molecule has 0 aromatic heterocycles. The third-order valence-corrected chi connectivity index (χ3v) is 3.45. The Bertz CT molecular complexity index is 703. The van der Waals surface area contributed by atoms with Gasteiger partial charge in [-0.2, -0.15) is 0 Å². The average molecular weight is 232 g/mol. The Labute approximate surface area is 106 Å². The van der Waals surface area contributed by atoms with Crippen molar-refractivity contribution in [2.45, 2.75) is 6.92 Å². The van der Waals surface area contributed by atoms with Crippen LogP contribution in [0.1, 0.15) is 16.7 Å². The minimum absolute atomic E-state index is 0.957. The number of para-hydroxylation sites is 1. The van der Waals surface area contributed by atoms with Gasteiger partial charge >= 0.3 is 0 Å². The largest absolute Gasteiger partial charge is 0.455 e. The van der Waals surface area contributed by atoms with Crippen LogP contribution in [0.25, 0.3) is 11.6 Å². The Morgan fingerprint density at radius 1 is 0.889 bits per heavy atom. The molecule has 0 saturated heterocycles. The minimum atomic E-state index is 0.957. The summed E-state index contributed by atoms with van der Waals surface area (Å²) in [4.78, 5) is 0. The molecule has 86 valence electrons. The molecular formula is C17H12O. The van der Waals surface area contributed by atoms with Crippen LogP contribution in [0.4, 0.5) is 0 Å². The smallest absolute Gasteiger partial charge is 0.144 e. The topological polar surface area (TPSA) is 9.23 Å². The summed E-state index contributed by atoms with van der Waals surface area (Å²) in [6, 6.07) is 16.7. The van der Waals surface area contributed by atoms with Crippen LogP contribution < -0.4 is 4.74 Å². The van der Waals surface area contributed by atoms with Gasteiger partial charge in [-0.05, 0) is 24.6 Å². The van der Waals surface area contributed by atoms with E-state index in [0.717, 1.165) is 11.5 Å². The molecule has 1 aliphatic carbocycles. The first kappa shape index (κ1) is 9.72. The molecule has 18 heavy (non-hydrogen) atoms. The normalized spacial score (nSPS) is 15.5. The van der Waals surface area contributed by atoms with Crippen LogP contribution in [0, 0.1) is 6.92 Å². The van der Waals surface area contributed by atoms with Crippen LogP contribution in [0.2, 0.25) is 0 Å². The number of hydrogen-bond donors (Lipinski definition) is 0. The Morgan fingerprint density at radius 3 is 2.50 bits per heavy atom. The Balaban J connectivity index is 1.77. The lowest BCUT2D eigenvalue weighted by Crippen LogP contribution is -1.92. The van der Waals surface area contributed by atoms with E-state index in [1.54, 1.807) is 0 Å². The zero-order chi connectivity index (χ0) is 12.1. The molecule has 1 heteroatoms. The average Bonchev–Trinajstić information content (AvgIpc) is 3.10. The van der Waals surface area contributed by atoms with Gasteiger partial charge in [0.15, 0.2) is 0 Å². The van der Waals surface area contributed by atoms with Gasteiger partial charge in [0.05, 0.1) is 0 Å². The number of rotatable bonds is 1. The summed E-state index contributed by atoms with van der Waals surface area (Å²) in [7, 11) is 0. The van der Waals surface area contributed by atoms with Gasteiger partial charge < -0.3 is 4.74 Å². The molecule has 0 spiro atoms. The molecule has 0 N–H and O–H groups in total. The van der Waals surface area contributed by atoms with Crippen LogP contribution in [0.5, 0.6) is 5.75 Å². The molecule has 2 aromatic rings. The van der Waals surface area contributed by atoms with E-state index in [9.17, 15) is 0 Å². The van der Waals surface area contributed by atoms with Crippen LogP contribution in [-0.4, -0.2) is 0 Å². The summed E-state index contributed by atoms with van der Waals surface area (Å²) in [5.74, 6) is 2.00. The number of allylic oxidation sites excluding steroid dienone is 2. The molecule has 2 aliphatic rings. The number of hydrogen-bond acceptors (Lipinski definition) is 1. The van der Waals surface area contributed by atoms with E-state index in [1.165, 1.54) is 27.8 Å². The van der Waals surface area contributed by atoms with E-state index >= 15 is 0 Å². The van der Waals surface area contributed by atoms with Crippen LogP contribution in [0.15, 0.2) is 59.9 Å². The van der Waals surface area contributed by atoms with Crippen molar-refractivity contribution in [3.05, 3.63) is 76.6 Å². The summed E-state index contributed by atoms with van der Waals surface area (Å²) in [6.07, 6.45) is 2.21. The van der Waals surface area contributed by atoms with E-state index in [0.29, 0.717) is 0 Å². The van der Waals surface area contributed by atoms with Crippen molar-refractivity contribution in [1.82, 2.24) is 0 Å². The maximum Gasteiger partial charge on any atom is 0.144 e. The molecule has 0 unspecified atom stereocenters. The highest BCUT2D eigenvalue weighted by molar-refractivity contribution is 6.06. The van der Waals surface area contributed by atoms with Crippen molar-refractivity contribution in [2.75, 3.05) is 0 Å². The van der Waals surface area contributed by atoms with E-state index < -0.39 is 0 Å². The van der Waals surface area contributed by atoms with Crippen LogP contribution in [0.3, 0.4) is 0 Å². The monoisotopic (exact) mass is 232 g/mol. The second kappa shape index (κ2) is 3.36. The fourth-order valence-electron chi connectivity index (χ4n) is 2.39. The lowest BCUT2D eigenvalue weighted by Gasteiger charge is -2.08. The second-order valence-electron chi connectivity index (χ2n) is 4.77. The predicted octanol–water partition coefficient (Wildman–Crippen LogP) is 4.20. The standard InChI is InChI=1S/C17H12O/c1-11-6-8-12(9-7-11)16-14-10-13-4-2-3-5-15(13)18-17(14)16/h2-10H,1H3. The maximum absolute atomic E-state index is 5.91. The molecule has 2 aromatic carbocycles. The quantitative estimate of drug-likeness (QED) is 0.716. The highest BCUT2D eigenvalue weighted by Crippen LogP contribution is 2.51. The van der Waals surface area contributed by atoms with Crippen LogP contribution in [-0.2, 0) is 0 Å². The highest BCUT2D eigenvalue weighted by Gasteiger charge is 2.36. The molecule has 4 rings (SSSR count). The van der Waals surface area contributed by atoms with Gasteiger partial charge in [-0.3, -0.25) is 0 Å². The van der Waals surface area contributed by atoms with Gasteiger partial charge in [-0.1, -0.05) is 48.0 Å². The maximum atomic E-state index is 5.91. The van der Waals surface area contributed by atoms with Gasteiger partial charge in [0.25, 0.3) is 0 Å². The lowest BCUT2D eigenvalue weighted by molar-refractivity contribution is 0.456. The molecule has 0 atom stereocenters. The van der Waals surface area contributed by atoms with Gasteiger partial charge in [0.1, 0.15) is 11.5 Å². The van der Waals surface area contributed by atoms with E-state index in [-0.39, 0.29) is 0 Å². The fourth-order valence-corrected chi connectivity index (χ4v) is 2.39. The summed E-state index contributed by atoms with van der Waals surface area (Å²) in [5.41, 5.74) is 6.20. The van der Waals surface area contributed by atoms with Crippen molar-refractivity contribution < 1.29 is 4.74 Å². The fraction of sp³-hybridized carbons (Fsp3) is 0.0588. The summed E-state index contributed by atoms with van der Waals surface area (Å²) >= 11 is 0. The van der Waals surface area contributed by atoms with Gasteiger partial charge in [-0.15, -0.1) is 0 Å². The van der Waals surface area contributed by atoms with Gasteiger partial charge in [0, 0.05) is 16.7 Å². The Morgan fingerprint density at radius 2 is 1.67 bits per heavy atom. The number of ether oxygens (including phenoxy) is 1. The van der Waals surface area contributed by atoms with E-state index in [2.05, 4.69) is 43.3 Å². The van der Waals surface area contributed by atoms with Gasteiger partial charge in [0.2, 0.25) is 0 Å². The van der Waals surface area contributed by atoms with Crippen molar-refractivity contribution >= 4 is 11.6 Å². The molecule has 1 heterocycles. The molecule has 0 fully saturated rings. The first-order valence-electron chi connectivity index (χ1n) is 6.13. The molecule has 1 nitrogen and oxygen atoms in total. The zero-order valence-electron chi connectivity index (χ0n) is 10.1. The highest BCUT2D eigenvalue weighted by atomic mass is 16.5. The third-order valence-electron chi connectivity index (χ3n) is 3.45. The van der Waals surface area contributed by atoms with E-state index in [4.69, 9.17) is 4.74 Å². The molecule has 0 amide bonds. The number of fused-ring (bicyclic) bond motifs is 2. The molecule has 1 aliphatic heterocycles. The third kappa shape index (κ3) is 1.34. The molecule has 0 bridgehead atoms. The van der Waals surface area contributed by atoms with E-state index in [1.807, 2.05) is 18.2 Å². The van der Waals surface area contributed by atoms with Crippen molar-refractivity contribution in [2.24, 2.45) is 0 Å².